The Morgan fingerprint density at radius 1 is 1.25 bits per heavy atom. The number of esters is 1. The van der Waals surface area contributed by atoms with Crippen LogP contribution in [0.5, 0.6) is 0 Å². The van der Waals surface area contributed by atoms with E-state index in [1.807, 2.05) is 19.1 Å². The normalized spacial score (nSPS) is 38.8. The molecule has 0 aromatic rings. The summed E-state index contributed by atoms with van der Waals surface area (Å²) >= 11 is 0. The highest BCUT2D eigenvalue weighted by Gasteiger charge is 2.60. The average molecular weight is 382 g/mol. The van der Waals surface area contributed by atoms with Gasteiger partial charge in [0, 0.05) is 35.7 Å². The summed E-state index contributed by atoms with van der Waals surface area (Å²) in [6.07, 6.45) is 9.94. The number of fused-ring (bicyclic) bond motifs is 5. The molecule has 5 unspecified atom stereocenters. The van der Waals surface area contributed by atoms with Gasteiger partial charge in [0.15, 0.2) is 18.2 Å². The van der Waals surface area contributed by atoms with Crippen molar-refractivity contribution in [2.75, 3.05) is 6.61 Å². The zero-order valence-electron chi connectivity index (χ0n) is 16.6. The third kappa shape index (κ3) is 2.66. The number of Topliss-reactive ketones (excluding diaryl/α,β-unsaturated/α-hetero) is 2. The van der Waals surface area contributed by atoms with Crippen LogP contribution in [-0.4, -0.2) is 29.9 Å². The molecule has 0 heterocycles. The van der Waals surface area contributed by atoms with Gasteiger partial charge in [-0.2, -0.15) is 0 Å². The molecule has 148 valence electrons. The highest BCUT2D eigenvalue weighted by Crippen LogP contribution is 2.63. The Bertz CT molecular complexity index is 875. The van der Waals surface area contributed by atoms with Crippen LogP contribution in [0.4, 0.5) is 0 Å². The molecule has 0 spiro atoms. The van der Waals surface area contributed by atoms with Gasteiger partial charge in [-0.25, -0.2) is 0 Å². The van der Waals surface area contributed by atoms with Gasteiger partial charge >= 0.3 is 5.97 Å². The molecular weight excluding hydrogens is 356 g/mol. The van der Waals surface area contributed by atoms with Gasteiger partial charge < -0.3 is 4.74 Å². The maximum atomic E-state index is 13.4. The van der Waals surface area contributed by atoms with Crippen molar-refractivity contribution in [1.82, 2.24) is 0 Å². The second-order valence-corrected chi connectivity index (χ2v) is 9.09. The zero-order valence-corrected chi connectivity index (χ0v) is 16.6. The molecular formula is C23H26O5. The van der Waals surface area contributed by atoms with Gasteiger partial charge in [0.25, 0.3) is 0 Å². The summed E-state index contributed by atoms with van der Waals surface area (Å²) in [5, 5.41) is 0. The Hall–Kier alpha value is -2.30. The molecule has 5 nitrogen and oxygen atoms in total. The van der Waals surface area contributed by atoms with E-state index in [1.54, 1.807) is 12.2 Å². The average Bonchev–Trinajstić information content (AvgIpc) is 2.96. The Balaban J connectivity index is 1.64. The number of hydrogen-bond donors (Lipinski definition) is 0. The van der Waals surface area contributed by atoms with Crippen LogP contribution in [-0.2, 0) is 23.9 Å². The molecule has 5 atom stereocenters. The van der Waals surface area contributed by atoms with E-state index in [1.165, 1.54) is 6.92 Å². The summed E-state index contributed by atoms with van der Waals surface area (Å²) in [5.74, 6) is -0.253. The van der Waals surface area contributed by atoms with Crippen molar-refractivity contribution in [3.63, 3.8) is 0 Å². The third-order valence-corrected chi connectivity index (χ3v) is 7.55. The molecule has 4 aliphatic rings. The van der Waals surface area contributed by atoms with Crippen molar-refractivity contribution in [1.29, 1.82) is 0 Å². The smallest absolute Gasteiger partial charge is 0.303 e. The summed E-state index contributed by atoms with van der Waals surface area (Å²) in [6, 6.07) is 0. The molecule has 0 saturated heterocycles. The maximum absolute atomic E-state index is 13.4. The van der Waals surface area contributed by atoms with E-state index in [-0.39, 0.29) is 41.7 Å². The van der Waals surface area contributed by atoms with Gasteiger partial charge in [0.2, 0.25) is 0 Å². The quantitative estimate of drug-likeness (QED) is 0.701. The van der Waals surface area contributed by atoms with Crippen molar-refractivity contribution < 1.29 is 23.9 Å². The summed E-state index contributed by atoms with van der Waals surface area (Å²) < 4.78 is 4.91. The molecule has 2 saturated carbocycles. The molecule has 5 heteroatoms. The van der Waals surface area contributed by atoms with Crippen LogP contribution < -0.4 is 0 Å². The van der Waals surface area contributed by atoms with Crippen molar-refractivity contribution in [3.8, 4) is 0 Å². The maximum Gasteiger partial charge on any atom is 0.303 e. The first-order valence-corrected chi connectivity index (χ1v) is 10.0. The lowest BCUT2D eigenvalue weighted by Gasteiger charge is -2.55. The van der Waals surface area contributed by atoms with Gasteiger partial charge in [-0.1, -0.05) is 31.6 Å². The van der Waals surface area contributed by atoms with E-state index < -0.39 is 16.8 Å². The van der Waals surface area contributed by atoms with Gasteiger partial charge in [-0.05, 0) is 43.3 Å². The van der Waals surface area contributed by atoms with Crippen LogP contribution >= 0.6 is 0 Å². The number of ether oxygens (including phenoxy) is 1. The molecule has 0 radical (unpaired) electrons. The van der Waals surface area contributed by atoms with Crippen LogP contribution in [0.1, 0.15) is 46.5 Å². The first-order chi connectivity index (χ1) is 13.2. The predicted molar refractivity (Wildman–Crippen MR) is 102 cm³/mol. The fourth-order valence-corrected chi connectivity index (χ4v) is 6.28. The van der Waals surface area contributed by atoms with Gasteiger partial charge in [-0.15, -0.1) is 0 Å². The SMILES string of the molecule is CC(=O)OCC(=O)C1=CCC2C3CCC4=CC(=O)C=CC4(C)C3C(=O)CC12C. The highest BCUT2D eigenvalue weighted by molar-refractivity contribution is 6.02. The van der Waals surface area contributed by atoms with Crippen LogP contribution in [0.25, 0.3) is 0 Å². The molecule has 0 bridgehead atoms. The lowest BCUT2D eigenvalue weighted by atomic mass is 9.47. The van der Waals surface area contributed by atoms with E-state index in [2.05, 4.69) is 6.92 Å². The van der Waals surface area contributed by atoms with Crippen LogP contribution in [0.15, 0.2) is 35.5 Å². The minimum atomic E-state index is -0.499. The van der Waals surface area contributed by atoms with Crippen molar-refractivity contribution in [3.05, 3.63) is 35.5 Å². The molecule has 4 rings (SSSR count). The van der Waals surface area contributed by atoms with Crippen LogP contribution in [0.3, 0.4) is 0 Å². The van der Waals surface area contributed by atoms with Gasteiger partial charge in [0.05, 0.1) is 0 Å². The largest absolute Gasteiger partial charge is 0.457 e. The fraction of sp³-hybridized carbons (Fsp3) is 0.565. The van der Waals surface area contributed by atoms with E-state index >= 15 is 0 Å². The molecule has 0 aromatic carbocycles. The number of ketones is 3. The highest BCUT2D eigenvalue weighted by atomic mass is 16.5. The minimum Gasteiger partial charge on any atom is -0.457 e. The number of rotatable bonds is 3. The first-order valence-electron chi connectivity index (χ1n) is 10.0. The number of carbonyl (C=O) groups is 4. The number of hydrogen-bond acceptors (Lipinski definition) is 5. The summed E-state index contributed by atoms with van der Waals surface area (Å²) in [4.78, 5) is 49.0. The number of carbonyl (C=O) groups excluding carboxylic acids is 4. The van der Waals surface area contributed by atoms with E-state index in [0.29, 0.717) is 12.0 Å². The Kier molecular flexibility index (Phi) is 4.32. The van der Waals surface area contributed by atoms with Gasteiger partial charge in [0.1, 0.15) is 5.78 Å². The molecule has 0 aromatic heterocycles. The monoisotopic (exact) mass is 382 g/mol. The van der Waals surface area contributed by atoms with Gasteiger partial charge in [-0.3, -0.25) is 19.2 Å². The molecule has 4 aliphatic carbocycles. The van der Waals surface area contributed by atoms with Crippen LogP contribution in [0.2, 0.25) is 0 Å². The standard InChI is InChI=1S/C23H26O5/c1-13(24)28-12-20(27)18-7-6-17-16-5-4-14-10-15(25)8-9-22(14,2)21(16)19(26)11-23(17,18)3/h7-10,16-17,21H,4-6,11-12H2,1-3H3. The molecule has 2 fully saturated rings. The Morgan fingerprint density at radius 2 is 2.00 bits per heavy atom. The molecule has 28 heavy (non-hydrogen) atoms. The summed E-state index contributed by atoms with van der Waals surface area (Å²) in [5.41, 5.74) is 0.808. The number of allylic oxidation sites excluding steroid dienone is 5. The lowest BCUT2D eigenvalue weighted by Crippen LogP contribution is -2.54. The zero-order chi connectivity index (χ0) is 20.3. The lowest BCUT2D eigenvalue weighted by molar-refractivity contribution is -0.146. The third-order valence-electron chi connectivity index (χ3n) is 7.55. The first kappa shape index (κ1) is 19.0. The van der Waals surface area contributed by atoms with E-state index in [0.717, 1.165) is 24.8 Å². The minimum absolute atomic E-state index is 0.0000842. The topological polar surface area (TPSA) is 77.5 Å². The van der Waals surface area contributed by atoms with Crippen molar-refractivity contribution in [2.45, 2.75) is 46.5 Å². The Labute approximate surface area is 164 Å². The van der Waals surface area contributed by atoms with E-state index in [4.69, 9.17) is 4.74 Å². The predicted octanol–water partition coefficient (Wildman–Crippen LogP) is 3.14. The summed E-state index contributed by atoms with van der Waals surface area (Å²) in [6.45, 7) is 5.12. The van der Waals surface area contributed by atoms with E-state index in [9.17, 15) is 19.2 Å². The second-order valence-electron chi connectivity index (χ2n) is 9.09. The molecule has 0 N–H and O–H groups in total. The van der Waals surface area contributed by atoms with Crippen molar-refractivity contribution in [2.24, 2.45) is 28.6 Å². The second kappa shape index (κ2) is 6.36. The Morgan fingerprint density at radius 3 is 2.71 bits per heavy atom. The molecule has 0 amide bonds. The van der Waals surface area contributed by atoms with Crippen molar-refractivity contribution >= 4 is 23.3 Å². The van der Waals surface area contributed by atoms with Crippen LogP contribution in [0, 0.1) is 28.6 Å². The summed E-state index contributed by atoms with van der Waals surface area (Å²) in [7, 11) is 0. The fourth-order valence-electron chi connectivity index (χ4n) is 6.28. The molecule has 0 aliphatic heterocycles.